The van der Waals surface area contributed by atoms with Crippen LogP contribution < -0.4 is 0 Å². The number of aliphatic hydroxyl groups excluding tert-OH is 1. The number of fused-ring (bicyclic) bond motifs is 3. The molecule has 0 unspecified atom stereocenters. The van der Waals surface area contributed by atoms with Crippen LogP contribution in [0.25, 0.3) is 0 Å². The Labute approximate surface area is 247 Å². The molecule has 0 aromatic heterocycles. The molecule has 0 amide bonds. The van der Waals surface area contributed by atoms with Crippen LogP contribution in [0, 0.1) is 22.7 Å². The Morgan fingerprint density at radius 3 is 2.02 bits per heavy atom. The van der Waals surface area contributed by atoms with E-state index in [1.165, 1.54) is 20.8 Å². The number of esters is 4. The van der Waals surface area contributed by atoms with Gasteiger partial charge in [0.2, 0.25) is 0 Å². The van der Waals surface area contributed by atoms with Crippen molar-refractivity contribution in [2.24, 2.45) is 22.7 Å². The SMILES string of the molecule is C=C1[C@H]2C[C@@H]3C[C@H](OC(=O)c4ccccc4)C(C)=C([C@@H](OC(C)=O)[C@H](OC(C)=O)[C@]2(C)[C@@H](OC(C)=O)C[C@@H]1O)C3(C)C. The first-order valence-corrected chi connectivity index (χ1v) is 14.4. The molecule has 1 N–H and O–H groups in total. The zero-order chi connectivity index (χ0) is 31.1. The quantitative estimate of drug-likeness (QED) is 0.298. The van der Waals surface area contributed by atoms with Crippen molar-refractivity contribution in [1.82, 2.24) is 0 Å². The lowest BCUT2D eigenvalue weighted by Crippen LogP contribution is -2.64. The number of hydrogen-bond donors (Lipinski definition) is 1. The van der Waals surface area contributed by atoms with Gasteiger partial charge in [-0.3, -0.25) is 14.4 Å². The third-order valence-corrected chi connectivity index (χ3v) is 9.72. The normalized spacial score (nSPS) is 33.8. The maximum Gasteiger partial charge on any atom is 0.338 e. The van der Waals surface area contributed by atoms with E-state index in [-0.39, 0.29) is 12.3 Å². The standard InChI is InChI=1S/C33H42O9/c1-17-24-14-23-15-26(42-31(38)22-12-10-9-11-13-22)18(2)28(32(23,6)7)29(40-20(4)35)30(41-21(5)36)33(24,8)27(16-25(17)37)39-19(3)34/h9-13,23-27,29-30,37H,1,14-16H2,2-8H3/t23-,24-,25+,26+,27+,29-,30+,33+/m1/s1. The summed E-state index contributed by atoms with van der Waals surface area (Å²) in [4.78, 5) is 50.9. The minimum atomic E-state index is -1.11. The lowest BCUT2D eigenvalue weighted by atomic mass is 9.49. The van der Waals surface area contributed by atoms with E-state index in [2.05, 4.69) is 6.58 Å². The first-order valence-electron chi connectivity index (χ1n) is 14.4. The molecule has 0 heterocycles. The molecule has 9 heteroatoms. The van der Waals surface area contributed by atoms with Crippen LogP contribution in [0.1, 0.15) is 78.1 Å². The van der Waals surface area contributed by atoms with Crippen LogP contribution in [0.5, 0.6) is 0 Å². The summed E-state index contributed by atoms with van der Waals surface area (Å²) in [5.74, 6) is -2.85. The van der Waals surface area contributed by atoms with Gasteiger partial charge >= 0.3 is 23.9 Å². The lowest BCUT2D eigenvalue weighted by Gasteiger charge is -2.59. The second-order valence-electron chi connectivity index (χ2n) is 12.6. The Bertz CT molecular complexity index is 1300. The van der Waals surface area contributed by atoms with Crippen molar-refractivity contribution in [2.75, 3.05) is 0 Å². The maximum atomic E-state index is 13.2. The maximum absolute atomic E-state index is 13.2. The van der Waals surface area contributed by atoms with Crippen LogP contribution in [-0.4, -0.2) is 59.5 Å². The lowest BCUT2D eigenvalue weighted by molar-refractivity contribution is -0.210. The van der Waals surface area contributed by atoms with Crippen LogP contribution in [-0.2, 0) is 33.3 Å². The first-order chi connectivity index (χ1) is 19.6. The molecule has 8 atom stereocenters. The van der Waals surface area contributed by atoms with Crippen LogP contribution in [0.4, 0.5) is 0 Å². The van der Waals surface area contributed by atoms with Crippen molar-refractivity contribution in [3.8, 4) is 0 Å². The monoisotopic (exact) mass is 582 g/mol. The van der Waals surface area contributed by atoms with Crippen LogP contribution in [0.2, 0.25) is 0 Å². The molecule has 0 radical (unpaired) electrons. The minimum absolute atomic E-state index is 0.0549. The van der Waals surface area contributed by atoms with E-state index in [9.17, 15) is 24.3 Å². The largest absolute Gasteiger partial charge is 0.462 e. The highest BCUT2D eigenvalue weighted by Gasteiger charge is 2.64. The van der Waals surface area contributed by atoms with Crippen LogP contribution in [0.3, 0.4) is 0 Å². The molecular formula is C33H42O9. The molecular weight excluding hydrogens is 540 g/mol. The Morgan fingerprint density at radius 1 is 0.857 bits per heavy atom. The fraction of sp³-hybridized carbons (Fsp3) is 0.576. The molecule has 42 heavy (non-hydrogen) atoms. The number of aliphatic hydroxyl groups is 1. The van der Waals surface area contributed by atoms with Gasteiger partial charge in [0, 0.05) is 27.2 Å². The first kappa shape index (κ1) is 31.5. The number of rotatable bonds is 5. The van der Waals surface area contributed by atoms with Gasteiger partial charge in [-0.25, -0.2) is 4.79 Å². The Hall–Kier alpha value is -3.46. The molecule has 0 spiro atoms. The van der Waals surface area contributed by atoms with Crippen molar-refractivity contribution < 1.29 is 43.2 Å². The molecule has 2 fully saturated rings. The van der Waals surface area contributed by atoms with Crippen molar-refractivity contribution in [1.29, 1.82) is 0 Å². The van der Waals surface area contributed by atoms with E-state index in [0.29, 0.717) is 35.1 Å². The summed E-state index contributed by atoms with van der Waals surface area (Å²) in [5.41, 5.74) is 0.646. The van der Waals surface area contributed by atoms with E-state index >= 15 is 0 Å². The van der Waals surface area contributed by atoms with Gasteiger partial charge in [-0.1, -0.05) is 45.5 Å². The highest BCUT2D eigenvalue weighted by atomic mass is 16.6. The highest BCUT2D eigenvalue weighted by molar-refractivity contribution is 5.89. The van der Waals surface area contributed by atoms with Gasteiger partial charge < -0.3 is 24.1 Å². The number of hydrogen-bond acceptors (Lipinski definition) is 9. The fourth-order valence-electron chi connectivity index (χ4n) is 7.58. The Balaban J connectivity index is 1.95. The van der Waals surface area contributed by atoms with E-state index in [1.54, 1.807) is 24.3 Å². The molecule has 2 bridgehead atoms. The Morgan fingerprint density at radius 2 is 1.45 bits per heavy atom. The molecule has 1 aromatic carbocycles. The summed E-state index contributed by atoms with van der Waals surface area (Å²) in [7, 11) is 0. The molecule has 9 nitrogen and oxygen atoms in total. The third-order valence-electron chi connectivity index (χ3n) is 9.72. The van der Waals surface area contributed by atoms with Crippen molar-refractivity contribution in [3.63, 3.8) is 0 Å². The summed E-state index contributed by atoms with van der Waals surface area (Å²) in [6.45, 7) is 15.9. The zero-order valence-corrected chi connectivity index (χ0v) is 25.5. The summed E-state index contributed by atoms with van der Waals surface area (Å²) in [6.07, 6.45) is -3.67. The second-order valence-corrected chi connectivity index (χ2v) is 12.6. The van der Waals surface area contributed by atoms with Gasteiger partial charge in [0.1, 0.15) is 12.2 Å². The highest BCUT2D eigenvalue weighted by Crippen LogP contribution is 2.60. The fourth-order valence-corrected chi connectivity index (χ4v) is 7.58. The second kappa shape index (κ2) is 11.7. The average Bonchev–Trinajstić information content (AvgIpc) is 2.89. The zero-order valence-electron chi connectivity index (χ0n) is 25.5. The van der Waals surface area contributed by atoms with Crippen LogP contribution in [0.15, 0.2) is 53.6 Å². The van der Waals surface area contributed by atoms with Gasteiger partial charge in [-0.15, -0.1) is 0 Å². The van der Waals surface area contributed by atoms with Gasteiger partial charge in [-0.2, -0.15) is 0 Å². The molecule has 0 saturated heterocycles. The van der Waals surface area contributed by atoms with Gasteiger partial charge in [0.05, 0.1) is 17.1 Å². The molecule has 3 aliphatic rings. The van der Waals surface area contributed by atoms with E-state index in [0.717, 1.165) is 0 Å². The van der Waals surface area contributed by atoms with Gasteiger partial charge in [-0.05, 0) is 65.9 Å². The van der Waals surface area contributed by atoms with Gasteiger partial charge in [0.25, 0.3) is 0 Å². The van der Waals surface area contributed by atoms with E-state index in [4.69, 9.17) is 18.9 Å². The molecule has 0 aliphatic heterocycles. The minimum Gasteiger partial charge on any atom is -0.462 e. The third kappa shape index (κ3) is 5.63. The van der Waals surface area contributed by atoms with Crippen LogP contribution >= 0.6 is 0 Å². The van der Waals surface area contributed by atoms with Crippen molar-refractivity contribution >= 4 is 23.9 Å². The average molecular weight is 583 g/mol. The summed E-state index contributed by atoms with van der Waals surface area (Å²) in [6, 6.07) is 8.70. The number of carbonyl (C=O) groups is 4. The number of benzene rings is 1. The topological polar surface area (TPSA) is 125 Å². The molecule has 3 aliphatic carbocycles. The smallest absolute Gasteiger partial charge is 0.338 e. The molecule has 1 aromatic rings. The molecule has 4 rings (SSSR count). The molecule has 2 saturated carbocycles. The van der Waals surface area contributed by atoms with E-state index < -0.39 is 71.1 Å². The van der Waals surface area contributed by atoms with Gasteiger partial charge in [0.15, 0.2) is 12.2 Å². The molecule has 228 valence electrons. The summed E-state index contributed by atoms with van der Waals surface area (Å²) in [5, 5.41) is 11.1. The number of ether oxygens (including phenoxy) is 4. The summed E-state index contributed by atoms with van der Waals surface area (Å²) >= 11 is 0. The predicted molar refractivity (Wildman–Crippen MR) is 153 cm³/mol. The Kier molecular flexibility index (Phi) is 8.74. The van der Waals surface area contributed by atoms with E-state index in [1.807, 2.05) is 33.8 Å². The number of carbonyl (C=O) groups excluding carboxylic acids is 4. The predicted octanol–water partition coefficient (Wildman–Crippen LogP) is 4.72. The summed E-state index contributed by atoms with van der Waals surface area (Å²) < 4.78 is 24.0. The van der Waals surface area contributed by atoms with Crippen molar-refractivity contribution in [3.05, 3.63) is 59.2 Å². The van der Waals surface area contributed by atoms with Crippen molar-refractivity contribution in [2.45, 2.75) is 98.2 Å².